The van der Waals surface area contributed by atoms with Gasteiger partial charge in [-0.1, -0.05) is 12.1 Å². The number of hydrogen-bond acceptors (Lipinski definition) is 4. The largest absolute Gasteiger partial charge is 0.508 e. The summed E-state index contributed by atoms with van der Waals surface area (Å²) in [6, 6.07) is 13.9. The number of ether oxygens (including phenoxy) is 1. The van der Waals surface area contributed by atoms with Crippen molar-refractivity contribution >= 4 is 11.6 Å². The number of carbonyl (C=O) groups excluding carboxylic acids is 1. The van der Waals surface area contributed by atoms with Gasteiger partial charge in [-0.2, -0.15) is 5.10 Å². The first-order valence-electron chi connectivity index (χ1n) is 7.34. The number of phenolic OH excluding ortho intramolecular Hbond substituents is 1. The first kappa shape index (κ1) is 16.5. The number of methoxy groups -OCH3 is 1. The van der Waals surface area contributed by atoms with Gasteiger partial charge in [0.15, 0.2) is 0 Å². The Morgan fingerprint density at radius 2 is 1.78 bits per heavy atom. The lowest BCUT2D eigenvalue weighted by Crippen LogP contribution is -2.19. The minimum absolute atomic E-state index is 0.126. The number of phenols is 1. The van der Waals surface area contributed by atoms with Crippen LogP contribution in [0.3, 0.4) is 0 Å². The zero-order valence-corrected chi connectivity index (χ0v) is 13.2. The van der Waals surface area contributed by atoms with E-state index < -0.39 is 0 Å². The van der Waals surface area contributed by atoms with Crippen LogP contribution in [0.5, 0.6) is 11.5 Å². The van der Waals surface area contributed by atoms with Crippen LogP contribution in [0.2, 0.25) is 0 Å². The van der Waals surface area contributed by atoms with E-state index in [1.165, 1.54) is 17.7 Å². The highest BCUT2D eigenvalue weighted by Gasteiger charge is 2.04. The SMILES string of the molecule is COc1ccc(CC/C(C)=N\NC(=O)c2ccc(O)cc2)cc1. The molecule has 0 fully saturated rings. The van der Waals surface area contributed by atoms with Crippen LogP contribution in [-0.2, 0) is 6.42 Å². The zero-order valence-electron chi connectivity index (χ0n) is 13.2. The third kappa shape index (κ3) is 5.14. The number of rotatable bonds is 6. The smallest absolute Gasteiger partial charge is 0.271 e. The van der Waals surface area contributed by atoms with Gasteiger partial charge in [0.1, 0.15) is 11.5 Å². The van der Waals surface area contributed by atoms with Gasteiger partial charge in [-0.3, -0.25) is 4.79 Å². The van der Waals surface area contributed by atoms with Gasteiger partial charge < -0.3 is 9.84 Å². The van der Waals surface area contributed by atoms with Crippen LogP contribution in [0.15, 0.2) is 53.6 Å². The molecule has 5 nitrogen and oxygen atoms in total. The molecule has 0 aliphatic carbocycles. The Labute approximate surface area is 135 Å². The van der Waals surface area contributed by atoms with Crippen molar-refractivity contribution in [2.45, 2.75) is 19.8 Å². The molecule has 0 aromatic heterocycles. The van der Waals surface area contributed by atoms with Crippen molar-refractivity contribution < 1.29 is 14.6 Å². The molecular formula is C18H20N2O3. The Morgan fingerprint density at radius 3 is 2.39 bits per heavy atom. The van der Waals surface area contributed by atoms with E-state index in [0.717, 1.165) is 24.3 Å². The topological polar surface area (TPSA) is 70.9 Å². The van der Waals surface area contributed by atoms with E-state index in [1.807, 2.05) is 31.2 Å². The van der Waals surface area contributed by atoms with Crippen molar-refractivity contribution in [3.05, 3.63) is 59.7 Å². The van der Waals surface area contributed by atoms with Crippen LogP contribution < -0.4 is 10.2 Å². The van der Waals surface area contributed by atoms with Gasteiger partial charge in [0.25, 0.3) is 5.91 Å². The Balaban J connectivity index is 1.84. The van der Waals surface area contributed by atoms with Gasteiger partial charge in [-0.25, -0.2) is 5.43 Å². The summed E-state index contributed by atoms with van der Waals surface area (Å²) in [5, 5.41) is 13.3. The highest BCUT2D eigenvalue weighted by atomic mass is 16.5. The van der Waals surface area contributed by atoms with Gasteiger partial charge in [-0.05, 0) is 61.7 Å². The number of aryl methyl sites for hydroxylation is 1. The lowest BCUT2D eigenvalue weighted by atomic mass is 10.1. The van der Waals surface area contributed by atoms with Gasteiger partial charge in [-0.15, -0.1) is 0 Å². The average Bonchev–Trinajstić information content (AvgIpc) is 2.59. The molecule has 0 saturated carbocycles. The molecule has 23 heavy (non-hydrogen) atoms. The molecule has 0 aliphatic heterocycles. The average molecular weight is 312 g/mol. The van der Waals surface area contributed by atoms with E-state index in [-0.39, 0.29) is 11.7 Å². The second kappa shape index (κ2) is 7.98. The minimum Gasteiger partial charge on any atom is -0.508 e. The van der Waals surface area contributed by atoms with Crippen LogP contribution in [0.25, 0.3) is 0 Å². The molecule has 0 heterocycles. The number of hydrogen-bond donors (Lipinski definition) is 2. The molecule has 0 unspecified atom stereocenters. The Hall–Kier alpha value is -2.82. The maximum absolute atomic E-state index is 11.9. The molecule has 2 aromatic rings. The molecule has 0 atom stereocenters. The summed E-state index contributed by atoms with van der Waals surface area (Å²) in [5.74, 6) is 0.662. The summed E-state index contributed by atoms with van der Waals surface area (Å²) < 4.78 is 5.12. The molecule has 2 rings (SSSR count). The summed E-state index contributed by atoms with van der Waals surface area (Å²) in [5.41, 5.74) is 5.00. The summed E-state index contributed by atoms with van der Waals surface area (Å²) in [4.78, 5) is 11.9. The van der Waals surface area contributed by atoms with Crippen LogP contribution in [0, 0.1) is 0 Å². The second-order valence-corrected chi connectivity index (χ2v) is 5.18. The molecule has 1 amide bonds. The zero-order chi connectivity index (χ0) is 16.7. The summed E-state index contributed by atoms with van der Waals surface area (Å²) >= 11 is 0. The Bertz CT molecular complexity index is 676. The normalized spacial score (nSPS) is 11.1. The molecule has 2 N–H and O–H groups in total. The Kier molecular flexibility index (Phi) is 5.74. The molecule has 120 valence electrons. The van der Waals surface area contributed by atoms with E-state index >= 15 is 0 Å². The van der Waals surface area contributed by atoms with E-state index in [0.29, 0.717) is 5.56 Å². The third-order valence-electron chi connectivity index (χ3n) is 3.41. The van der Waals surface area contributed by atoms with Crippen molar-refractivity contribution in [2.24, 2.45) is 5.10 Å². The third-order valence-corrected chi connectivity index (χ3v) is 3.41. The lowest BCUT2D eigenvalue weighted by molar-refractivity contribution is 0.0954. The van der Waals surface area contributed by atoms with Crippen molar-refractivity contribution in [3.8, 4) is 11.5 Å². The van der Waals surface area contributed by atoms with Crippen LogP contribution in [0.1, 0.15) is 29.3 Å². The number of carbonyl (C=O) groups is 1. The predicted octanol–water partition coefficient (Wildman–Crippen LogP) is 3.14. The quantitative estimate of drug-likeness (QED) is 0.636. The van der Waals surface area contributed by atoms with Crippen LogP contribution in [0.4, 0.5) is 0 Å². The number of nitrogens with one attached hydrogen (secondary N) is 1. The molecule has 0 bridgehead atoms. The lowest BCUT2D eigenvalue weighted by Gasteiger charge is -2.05. The number of hydrazone groups is 1. The monoisotopic (exact) mass is 312 g/mol. The van der Waals surface area contributed by atoms with Gasteiger partial charge in [0.05, 0.1) is 7.11 Å². The first-order valence-corrected chi connectivity index (χ1v) is 7.34. The Morgan fingerprint density at radius 1 is 1.13 bits per heavy atom. The van der Waals surface area contributed by atoms with Crippen molar-refractivity contribution in [1.82, 2.24) is 5.43 Å². The molecule has 0 saturated heterocycles. The van der Waals surface area contributed by atoms with Crippen LogP contribution >= 0.6 is 0 Å². The summed E-state index contributed by atoms with van der Waals surface area (Å²) in [7, 11) is 1.64. The predicted molar refractivity (Wildman–Crippen MR) is 90.0 cm³/mol. The van der Waals surface area contributed by atoms with Gasteiger partial charge >= 0.3 is 0 Å². The van der Waals surface area contributed by atoms with Gasteiger partial charge in [0.2, 0.25) is 0 Å². The van der Waals surface area contributed by atoms with E-state index in [2.05, 4.69) is 10.5 Å². The van der Waals surface area contributed by atoms with E-state index in [1.54, 1.807) is 19.2 Å². The molecule has 2 aromatic carbocycles. The second-order valence-electron chi connectivity index (χ2n) is 5.18. The molecule has 5 heteroatoms. The van der Waals surface area contributed by atoms with Crippen molar-refractivity contribution in [3.63, 3.8) is 0 Å². The molecule has 0 radical (unpaired) electrons. The first-order chi connectivity index (χ1) is 11.1. The molecule has 0 spiro atoms. The van der Waals surface area contributed by atoms with E-state index in [9.17, 15) is 9.90 Å². The summed E-state index contributed by atoms with van der Waals surface area (Å²) in [6.07, 6.45) is 1.59. The highest BCUT2D eigenvalue weighted by molar-refractivity contribution is 5.95. The molecule has 0 aliphatic rings. The fraction of sp³-hybridized carbons (Fsp3) is 0.222. The minimum atomic E-state index is -0.297. The molecular weight excluding hydrogens is 292 g/mol. The van der Waals surface area contributed by atoms with Crippen molar-refractivity contribution in [2.75, 3.05) is 7.11 Å². The van der Waals surface area contributed by atoms with Crippen LogP contribution in [-0.4, -0.2) is 23.8 Å². The fourth-order valence-corrected chi connectivity index (χ4v) is 2.00. The maximum atomic E-state index is 11.9. The fourth-order valence-electron chi connectivity index (χ4n) is 2.00. The standard InChI is InChI=1S/C18H20N2O3/c1-13(3-4-14-5-11-17(23-2)12-6-14)19-20-18(22)15-7-9-16(21)10-8-15/h5-12,21H,3-4H2,1-2H3,(H,20,22)/b19-13-. The highest BCUT2D eigenvalue weighted by Crippen LogP contribution is 2.13. The van der Waals surface area contributed by atoms with Gasteiger partial charge in [0, 0.05) is 11.3 Å². The number of aromatic hydroxyl groups is 1. The number of benzene rings is 2. The van der Waals surface area contributed by atoms with E-state index in [4.69, 9.17) is 4.74 Å². The number of nitrogens with zero attached hydrogens (tertiary/aromatic N) is 1. The van der Waals surface area contributed by atoms with Crippen molar-refractivity contribution in [1.29, 1.82) is 0 Å². The number of amides is 1. The summed E-state index contributed by atoms with van der Waals surface area (Å²) in [6.45, 7) is 1.88. The maximum Gasteiger partial charge on any atom is 0.271 e.